The van der Waals surface area contributed by atoms with Crippen LogP contribution in [0.2, 0.25) is 0 Å². The van der Waals surface area contributed by atoms with Crippen LogP contribution in [0.4, 0.5) is 0 Å². The fraction of sp³-hybridized carbons (Fsp3) is 0.562. The van der Waals surface area contributed by atoms with E-state index in [9.17, 15) is 4.79 Å². The van der Waals surface area contributed by atoms with Crippen LogP contribution in [0.15, 0.2) is 24.3 Å². The van der Waals surface area contributed by atoms with E-state index in [4.69, 9.17) is 4.74 Å². The van der Waals surface area contributed by atoms with Gasteiger partial charge in [0.15, 0.2) is 5.78 Å². The maximum atomic E-state index is 12.3. The summed E-state index contributed by atoms with van der Waals surface area (Å²) in [4.78, 5) is 14.7. The molecule has 0 heterocycles. The largest absolute Gasteiger partial charge is 0.497 e. The van der Waals surface area contributed by atoms with Crippen molar-refractivity contribution >= 4 is 5.78 Å². The van der Waals surface area contributed by atoms with Gasteiger partial charge in [-0.2, -0.15) is 0 Å². The summed E-state index contributed by atoms with van der Waals surface area (Å²) in [5.41, 5.74) is 0.751. The number of Topliss-reactive ketones (excluding diaryl/α,β-unsaturated/α-hetero) is 1. The molecule has 1 aromatic carbocycles. The summed E-state index contributed by atoms with van der Waals surface area (Å²) in [6.07, 6.45) is 4.84. The Morgan fingerprint density at radius 1 is 1.42 bits per heavy atom. The molecule has 1 fully saturated rings. The van der Waals surface area contributed by atoms with E-state index in [1.165, 1.54) is 25.7 Å². The van der Waals surface area contributed by atoms with E-state index in [2.05, 4.69) is 11.8 Å². The van der Waals surface area contributed by atoms with Gasteiger partial charge < -0.3 is 4.74 Å². The van der Waals surface area contributed by atoms with Crippen LogP contribution in [0.25, 0.3) is 0 Å². The van der Waals surface area contributed by atoms with Crippen molar-refractivity contribution in [3.05, 3.63) is 29.8 Å². The fourth-order valence-corrected chi connectivity index (χ4v) is 2.26. The van der Waals surface area contributed by atoms with Crippen LogP contribution in [0, 0.1) is 0 Å². The maximum Gasteiger partial charge on any atom is 0.176 e. The molecule has 0 N–H and O–H groups in total. The molecule has 1 aliphatic carbocycles. The van der Waals surface area contributed by atoms with Gasteiger partial charge in [-0.25, -0.2) is 0 Å². The average Bonchev–Trinajstić information content (AvgIpc) is 3.27. The molecule has 0 radical (unpaired) electrons. The van der Waals surface area contributed by atoms with Crippen molar-refractivity contribution in [3.8, 4) is 5.75 Å². The molecule has 1 saturated carbocycles. The van der Waals surface area contributed by atoms with Gasteiger partial charge in [-0.3, -0.25) is 9.69 Å². The molecule has 0 amide bonds. The summed E-state index contributed by atoms with van der Waals surface area (Å²) < 4.78 is 5.17. The van der Waals surface area contributed by atoms with E-state index >= 15 is 0 Å². The molecule has 104 valence electrons. The number of nitrogens with zero attached hydrogens (tertiary/aromatic N) is 1. The number of hydrogen-bond donors (Lipinski definition) is 0. The lowest BCUT2D eigenvalue weighted by Gasteiger charge is -2.20. The van der Waals surface area contributed by atoms with E-state index in [0.29, 0.717) is 12.6 Å². The minimum absolute atomic E-state index is 0.196. The minimum atomic E-state index is 0.196. The topological polar surface area (TPSA) is 29.5 Å². The molecular weight excluding hydrogens is 238 g/mol. The van der Waals surface area contributed by atoms with Gasteiger partial charge in [0.1, 0.15) is 5.75 Å². The first kappa shape index (κ1) is 14.1. The van der Waals surface area contributed by atoms with E-state index in [-0.39, 0.29) is 5.78 Å². The predicted octanol–water partition coefficient (Wildman–Crippen LogP) is 3.14. The van der Waals surface area contributed by atoms with E-state index in [1.807, 2.05) is 24.3 Å². The van der Waals surface area contributed by atoms with Crippen LogP contribution in [0.1, 0.15) is 43.0 Å². The second kappa shape index (κ2) is 6.71. The molecule has 2 rings (SSSR count). The van der Waals surface area contributed by atoms with E-state index < -0.39 is 0 Å². The van der Waals surface area contributed by atoms with Crippen molar-refractivity contribution in [2.45, 2.75) is 38.6 Å². The minimum Gasteiger partial charge on any atom is -0.497 e. The summed E-state index contributed by atoms with van der Waals surface area (Å²) in [5, 5.41) is 0. The Bertz CT molecular complexity index is 427. The Morgan fingerprint density at radius 2 is 2.21 bits per heavy atom. The third-order valence-electron chi connectivity index (χ3n) is 3.60. The first-order valence-corrected chi connectivity index (χ1v) is 7.16. The summed E-state index contributed by atoms with van der Waals surface area (Å²) >= 11 is 0. The SMILES string of the molecule is CCCCN(CC(=O)c1cccc(OC)c1)C1CC1. The Balaban J connectivity index is 1.97. The highest BCUT2D eigenvalue weighted by atomic mass is 16.5. The van der Waals surface area contributed by atoms with Crippen molar-refractivity contribution in [3.63, 3.8) is 0 Å². The normalized spacial score (nSPS) is 14.7. The molecule has 0 atom stereocenters. The smallest absolute Gasteiger partial charge is 0.176 e. The predicted molar refractivity (Wildman–Crippen MR) is 76.8 cm³/mol. The third kappa shape index (κ3) is 4.06. The molecule has 1 aliphatic rings. The molecule has 1 aromatic rings. The van der Waals surface area contributed by atoms with Crippen LogP contribution in [-0.2, 0) is 0 Å². The molecule has 19 heavy (non-hydrogen) atoms. The van der Waals surface area contributed by atoms with Crippen LogP contribution >= 0.6 is 0 Å². The first-order chi connectivity index (χ1) is 9.24. The number of methoxy groups -OCH3 is 1. The molecule has 0 aliphatic heterocycles. The van der Waals surface area contributed by atoms with Crippen molar-refractivity contribution in [1.29, 1.82) is 0 Å². The average molecular weight is 261 g/mol. The molecule has 0 aromatic heterocycles. The van der Waals surface area contributed by atoms with Gasteiger partial charge in [0, 0.05) is 11.6 Å². The highest BCUT2D eigenvalue weighted by Crippen LogP contribution is 2.27. The second-order valence-corrected chi connectivity index (χ2v) is 5.21. The highest BCUT2D eigenvalue weighted by Gasteiger charge is 2.29. The molecule has 0 spiro atoms. The Kier molecular flexibility index (Phi) is 4.97. The molecular formula is C16H23NO2. The van der Waals surface area contributed by atoms with Gasteiger partial charge in [0.05, 0.1) is 13.7 Å². The van der Waals surface area contributed by atoms with Crippen molar-refractivity contribution < 1.29 is 9.53 Å². The van der Waals surface area contributed by atoms with Crippen LogP contribution in [0.3, 0.4) is 0 Å². The van der Waals surface area contributed by atoms with Crippen molar-refractivity contribution in [2.24, 2.45) is 0 Å². The van der Waals surface area contributed by atoms with Crippen molar-refractivity contribution in [2.75, 3.05) is 20.2 Å². The van der Waals surface area contributed by atoms with Crippen molar-refractivity contribution in [1.82, 2.24) is 4.90 Å². The van der Waals surface area contributed by atoms with Gasteiger partial charge in [-0.15, -0.1) is 0 Å². The van der Waals surface area contributed by atoms with Gasteiger partial charge in [-0.05, 0) is 37.9 Å². The van der Waals surface area contributed by atoms with Crippen LogP contribution in [0.5, 0.6) is 5.75 Å². The molecule has 0 saturated heterocycles. The van der Waals surface area contributed by atoms with Crippen LogP contribution in [-0.4, -0.2) is 36.9 Å². The monoisotopic (exact) mass is 261 g/mol. The number of ketones is 1. The van der Waals surface area contributed by atoms with E-state index in [1.54, 1.807) is 7.11 Å². The number of rotatable bonds is 8. The van der Waals surface area contributed by atoms with Gasteiger partial charge >= 0.3 is 0 Å². The quantitative estimate of drug-likeness (QED) is 0.673. The molecule has 0 unspecified atom stereocenters. The lowest BCUT2D eigenvalue weighted by atomic mass is 10.1. The number of ether oxygens (including phenoxy) is 1. The number of unbranched alkanes of at least 4 members (excludes halogenated alkanes) is 1. The summed E-state index contributed by atoms with van der Waals surface area (Å²) in [7, 11) is 1.63. The Labute approximate surface area is 115 Å². The zero-order valence-corrected chi connectivity index (χ0v) is 11.9. The number of carbonyl (C=O) groups is 1. The number of benzene rings is 1. The summed E-state index contributed by atoms with van der Waals surface area (Å²) in [5.74, 6) is 0.944. The van der Waals surface area contributed by atoms with Gasteiger partial charge in [-0.1, -0.05) is 25.5 Å². The van der Waals surface area contributed by atoms with Gasteiger partial charge in [0.25, 0.3) is 0 Å². The lowest BCUT2D eigenvalue weighted by molar-refractivity contribution is 0.0923. The van der Waals surface area contributed by atoms with Gasteiger partial charge in [0.2, 0.25) is 0 Å². The molecule has 3 heteroatoms. The first-order valence-electron chi connectivity index (χ1n) is 7.16. The van der Waals surface area contributed by atoms with E-state index in [0.717, 1.165) is 17.9 Å². The fourth-order valence-electron chi connectivity index (χ4n) is 2.26. The summed E-state index contributed by atoms with van der Waals surface area (Å²) in [6, 6.07) is 8.08. The standard InChI is InChI=1S/C16H23NO2/c1-3-4-10-17(14-8-9-14)12-16(18)13-6-5-7-15(11-13)19-2/h5-7,11,14H,3-4,8-10,12H2,1-2H3. The zero-order chi connectivity index (χ0) is 13.7. The maximum absolute atomic E-state index is 12.3. The molecule has 3 nitrogen and oxygen atoms in total. The van der Waals surface area contributed by atoms with Crippen LogP contribution < -0.4 is 4.74 Å². The Morgan fingerprint density at radius 3 is 2.84 bits per heavy atom. The molecule has 0 bridgehead atoms. The zero-order valence-electron chi connectivity index (χ0n) is 11.9. The highest BCUT2D eigenvalue weighted by molar-refractivity contribution is 5.98. The number of hydrogen-bond acceptors (Lipinski definition) is 3. The summed E-state index contributed by atoms with van der Waals surface area (Å²) in [6.45, 7) is 3.77. The number of carbonyl (C=O) groups excluding carboxylic acids is 1. The third-order valence-corrected chi connectivity index (χ3v) is 3.60. The second-order valence-electron chi connectivity index (χ2n) is 5.21. The Hall–Kier alpha value is -1.35. The lowest BCUT2D eigenvalue weighted by Crippen LogP contribution is -2.32.